The van der Waals surface area contributed by atoms with Gasteiger partial charge in [0.05, 0.1) is 18.5 Å². The maximum atomic E-state index is 14.9. The Labute approximate surface area is 692 Å². The monoisotopic (exact) mass is 1710 g/mol. The van der Waals surface area contributed by atoms with Gasteiger partial charge in [-0.3, -0.25) is 73.8 Å². The summed E-state index contributed by atoms with van der Waals surface area (Å²) in [6.45, 7) is 7.42. The van der Waals surface area contributed by atoms with Crippen LogP contribution in [-0.2, 0) is 68.7 Å². The minimum Gasteiger partial charge on any atom is -0.480 e. The average Bonchev–Trinajstić information content (AvgIpc) is 1.69. The number of nitrogens with two attached hydrogens (primary N) is 9. The highest BCUT2D eigenvalue weighted by Gasteiger charge is 2.39. The van der Waals surface area contributed by atoms with Crippen LogP contribution in [0.3, 0.4) is 0 Å². The number of carboxylic acid groups (broad SMARTS) is 1. The van der Waals surface area contributed by atoms with Crippen LogP contribution in [0.15, 0.2) is 12.5 Å². The van der Waals surface area contributed by atoms with Gasteiger partial charge >= 0.3 is 30.1 Å². The van der Waals surface area contributed by atoms with Crippen molar-refractivity contribution in [2.24, 2.45) is 63.4 Å². The number of rotatable bonds is 61. The summed E-state index contributed by atoms with van der Waals surface area (Å²) in [6.07, 6.45) is -2.04. The Balaban J connectivity index is 3.95. The summed E-state index contributed by atoms with van der Waals surface area (Å²) in [5.41, 5.74) is 49.2. The first-order valence-corrected chi connectivity index (χ1v) is 39.1. The predicted molar refractivity (Wildman–Crippen MR) is 433 cm³/mol. The molecule has 0 unspecified atom stereocenters. The maximum Gasteiger partial charge on any atom is 0.326 e. The van der Waals surface area contributed by atoms with Gasteiger partial charge in [0.2, 0.25) is 70.9 Å². The molecule has 0 fully saturated rings. The minimum atomic E-state index is -2.04. The van der Waals surface area contributed by atoms with Crippen molar-refractivity contribution in [3.63, 3.8) is 0 Å². The highest BCUT2D eigenvalue weighted by Crippen LogP contribution is 2.15. The van der Waals surface area contributed by atoms with Crippen molar-refractivity contribution < 1.29 is 91.7 Å². The number of imidazole rings is 1. The molecule has 14 atom stereocenters. The fourth-order valence-electron chi connectivity index (χ4n) is 11.5. The zero-order chi connectivity index (χ0) is 90.7. The Hall–Kier alpha value is -12.9. The first-order chi connectivity index (χ1) is 56.5. The van der Waals surface area contributed by atoms with Crippen LogP contribution in [0.5, 0.6) is 0 Å². The fraction of sp³-hybridized carbons (Fsp3) is 0.667. The van der Waals surface area contributed by atoms with Crippen molar-refractivity contribution >= 4 is 119 Å². The van der Waals surface area contributed by atoms with Gasteiger partial charge in [0.15, 0.2) is 17.9 Å². The maximum absolute atomic E-state index is 14.9. The topological polar surface area (TPSA) is 882 Å². The zero-order valence-corrected chi connectivity index (χ0v) is 68.2. The van der Waals surface area contributed by atoms with Gasteiger partial charge in [0.25, 0.3) is 0 Å². The van der Waals surface area contributed by atoms with E-state index in [0.29, 0.717) is 5.69 Å². The second-order valence-electron chi connectivity index (χ2n) is 28.7. The van der Waals surface area contributed by atoms with Crippen LogP contribution in [0.25, 0.3) is 0 Å². The van der Waals surface area contributed by atoms with Crippen LogP contribution in [0.4, 0.5) is 19.2 Å². The van der Waals surface area contributed by atoms with Gasteiger partial charge in [-0.25, -0.2) is 29.0 Å². The number of aliphatic hydroxyl groups excluding tert-OH is 1. The Morgan fingerprint density at radius 3 is 1.00 bits per heavy atom. The van der Waals surface area contributed by atoms with E-state index in [9.17, 15) is 91.7 Å². The number of aromatic amines is 1. The van der Waals surface area contributed by atoms with Crippen molar-refractivity contribution in [2.75, 3.05) is 45.8 Å². The molecule has 1 aromatic heterocycles. The van der Waals surface area contributed by atoms with E-state index in [-0.39, 0.29) is 161 Å². The first kappa shape index (κ1) is 105. The molecule has 0 saturated heterocycles. The quantitative estimate of drug-likeness (QED) is 0.0164. The molecule has 0 saturated carbocycles. The van der Waals surface area contributed by atoms with Gasteiger partial charge in [0.1, 0.15) is 66.5 Å². The van der Waals surface area contributed by atoms with Crippen LogP contribution < -0.4 is 147 Å². The van der Waals surface area contributed by atoms with Crippen LogP contribution in [0.2, 0.25) is 0 Å². The third-order valence-electron chi connectivity index (χ3n) is 18.1. The van der Waals surface area contributed by atoms with E-state index in [0.717, 1.165) is 6.92 Å². The summed E-state index contributed by atoms with van der Waals surface area (Å²) >= 11 is 0. The van der Waals surface area contributed by atoms with E-state index in [2.05, 4.69) is 106 Å². The molecule has 0 aliphatic heterocycles. The molecule has 0 aliphatic carbocycles. The third-order valence-corrected chi connectivity index (χ3v) is 18.1. The third kappa shape index (κ3) is 45.6. The van der Waals surface area contributed by atoms with Crippen LogP contribution >= 0.6 is 0 Å². The summed E-state index contributed by atoms with van der Waals surface area (Å²) in [7, 11) is 0. The van der Waals surface area contributed by atoms with Crippen LogP contribution in [0, 0.1) is 28.1 Å². The molecule has 0 spiro atoms. The Morgan fingerprint density at radius 2 is 0.675 bits per heavy atom. The SMILES string of the molecule is CC[C@H](C)[C@H](NC(=O)[C@H](Cc1cnc[nH]1)NC(=O)[C@H](CCCNC(=N)N)NC(=O)[C@H](CC(C)C)NC(=O)[C@@H](N)CCCNC(N)=O)C(=O)N[C@@H](CCCNC(=N)N)C(=O)N[C@@H](CCCNC(N)=O)C(=O)N[C@@H](CCC(N)=O)C(=O)N[C@H](C(=O)N[C@@H](CCCNC(=N)N)C(=O)N[C@@H](CCCNC(N)=O)C(=O)N[C@@H](CCCNC(N)=O)C(=O)O)[C@@H](C)O. The number of carbonyl (C=O) groups excluding carboxylic acids is 16. The molecule has 0 bridgehead atoms. The number of carbonyl (C=O) groups is 17. The van der Waals surface area contributed by atoms with Gasteiger partial charge in [-0.05, 0) is 121 Å². The second kappa shape index (κ2) is 57.3. The standard InChI is InChI=1S/C69H126N32O19/c1-6-35(4)49(100-59(112)47(31-37-32-82-33-90-37)99-56(109)41(15-8-23-83-63(72)73)93-58(111)46(30-34(2)3)98-51(104)38(70)14-7-26-86-66(78)117)60(113)95-42(16-9-24-84-64(74)75)53(106)91-39(18-11-27-87-67(79)118)52(105)94-44(21-22-48(71)103)57(110)101-50(36(5)102)61(114)96-43(17-10-25-85-65(76)77)54(107)92-40(19-12-28-88-68(80)119)55(108)97-45(62(115)116)20-13-29-89-69(81)120/h32-36,38-47,49-50,102H,6-31,70H2,1-5H3,(H2,71,103)(H,82,90)(H,91,106)(H,92,107)(H,93,111)(H,94,105)(H,95,113)(H,96,114)(H,97,108)(H,98,104)(H,99,109)(H,100,112)(H,101,110)(H,115,116)(H4,72,73,83)(H4,74,75,84)(H4,76,77,85)(H3,78,86,117)(H3,79,87,118)(H3,80,88,119)(H3,81,89,120)/t35-,36+,38-,39-,40-,41-,42-,43-,44-,45-,46-,47-,49-,50-/m0/s1. The number of urea groups is 4. The molecule has 1 rings (SSSR count). The van der Waals surface area contributed by atoms with Gasteiger partial charge in [-0.2, -0.15) is 0 Å². The summed E-state index contributed by atoms with van der Waals surface area (Å²) < 4.78 is 0. The molecule has 20 amide bonds. The molecule has 0 aliphatic rings. The summed E-state index contributed by atoms with van der Waals surface area (Å²) in [6, 6.07) is -22.7. The number of nitrogens with zero attached hydrogens (tertiary/aromatic N) is 1. The number of hydrogen-bond donors (Lipinski definition) is 33. The van der Waals surface area contributed by atoms with Gasteiger partial charge in [0, 0.05) is 70.5 Å². The number of primary amides is 5. The van der Waals surface area contributed by atoms with Gasteiger partial charge in [-0.15, -0.1) is 0 Å². The van der Waals surface area contributed by atoms with Crippen molar-refractivity contribution in [1.82, 2.24) is 106 Å². The molecule has 0 radical (unpaired) electrons. The molecule has 1 heterocycles. The zero-order valence-electron chi connectivity index (χ0n) is 68.2. The molecule has 1 aromatic rings. The molecular formula is C69H126N32O19. The van der Waals surface area contributed by atoms with Crippen LogP contribution in [0.1, 0.15) is 156 Å². The van der Waals surface area contributed by atoms with E-state index in [1.54, 1.807) is 27.7 Å². The number of H-pyrrole nitrogens is 1. The average molecular weight is 1710 g/mol. The Bertz CT molecular complexity index is 3580. The lowest BCUT2D eigenvalue weighted by atomic mass is 9.96. The fourth-order valence-corrected chi connectivity index (χ4v) is 11.5. The number of aliphatic hydroxyl groups is 1. The summed E-state index contributed by atoms with van der Waals surface area (Å²) in [5.74, 6) is -16.3. The molecule has 0 aromatic carbocycles. The highest BCUT2D eigenvalue weighted by molar-refractivity contribution is 6.00. The lowest BCUT2D eigenvalue weighted by Crippen LogP contribution is -2.62. The molecule has 120 heavy (non-hydrogen) atoms. The summed E-state index contributed by atoms with van der Waals surface area (Å²) in [5, 5.41) is 88.8. The van der Waals surface area contributed by atoms with Crippen molar-refractivity contribution in [3.8, 4) is 0 Å². The van der Waals surface area contributed by atoms with Crippen molar-refractivity contribution in [3.05, 3.63) is 18.2 Å². The number of nitrogens with one attached hydrogen (secondary N) is 22. The second-order valence-corrected chi connectivity index (χ2v) is 28.7. The number of aliphatic carboxylic acids is 1. The van der Waals surface area contributed by atoms with E-state index < -0.39 is 216 Å². The number of hydrogen-bond acceptors (Lipinski definition) is 23. The first-order valence-electron chi connectivity index (χ1n) is 39.1. The molecule has 676 valence electrons. The van der Waals surface area contributed by atoms with Gasteiger partial charge in [-0.1, -0.05) is 34.1 Å². The molecule has 51 heteroatoms. The smallest absolute Gasteiger partial charge is 0.326 e. The van der Waals surface area contributed by atoms with E-state index in [1.807, 2.05) is 0 Å². The number of guanidine groups is 3. The Kier molecular flexibility index (Phi) is 50.2. The van der Waals surface area contributed by atoms with E-state index in [4.69, 9.17) is 67.8 Å². The molecular weight excluding hydrogens is 1580 g/mol. The highest BCUT2D eigenvalue weighted by atomic mass is 16.4. The lowest BCUT2D eigenvalue weighted by Gasteiger charge is -2.30. The van der Waals surface area contributed by atoms with Crippen LogP contribution in [-0.4, -0.2) is 263 Å². The van der Waals surface area contributed by atoms with Gasteiger partial charge < -0.3 is 163 Å². The minimum absolute atomic E-state index is 0.0135. The van der Waals surface area contributed by atoms with Crippen molar-refractivity contribution in [1.29, 1.82) is 16.2 Å². The largest absolute Gasteiger partial charge is 0.480 e. The number of carboxylic acids is 1. The van der Waals surface area contributed by atoms with E-state index in [1.165, 1.54) is 12.5 Å². The lowest BCUT2D eigenvalue weighted by molar-refractivity contribution is -0.142. The predicted octanol–water partition coefficient (Wildman–Crippen LogP) is -9.98. The molecule has 42 N–H and O–H groups in total. The number of amides is 20. The number of aromatic nitrogens is 2. The summed E-state index contributed by atoms with van der Waals surface area (Å²) in [4.78, 5) is 236. The Morgan fingerprint density at radius 1 is 0.383 bits per heavy atom. The normalized spacial score (nSPS) is 14.4. The van der Waals surface area contributed by atoms with E-state index >= 15 is 0 Å². The molecule has 51 nitrogen and oxygen atoms in total. The van der Waals surface area contributed by atoms with Crippen molar-refractivity contribution in [2.45, 2.75) is 235 Å².